The summed E-state index contributed by atoms with van der Waals surface area (Å²) >= 11 is 0. The molecule has 5 nitrogen and oxygen atoms in total. The monoisotopic (exact) mass is 298 g/mol. The summed E-state index contributed by atoms with van der Waals surface area (Å²) in [7, 11) is -1.85. The van der Waals surface area contributed by atoms with Crippen molar-refractivity contribution in [1.29, 1.82) is 0 Å². The van der Waals surface area contributed by atoms with E-state index in [4.69, 9.17) is 5.73 Å². The second-order valence-electron chi connectivity index (χ2n) is 5.46. The van der Waals surface area contributed by atoms with Crippen LogP contribution in [-0.2, 0) is 16.4 Å². The number of aliphatic hydroxyl groups is 1. The van der Waals surface area contributed by atoms with Gasteiger partial charge in [0.2, 0.25) is 10.0 Å². The van der Waals surface area contributed by atoms with Gasteiger partial charge in [-0.25, -0.2) is 12.7 Å². The van der Waals surface area contributed by atoms with E-state index in [1.807, 2.05) is 0 Å². The third-order valence-electron chi connectivity index (χ3n) is 3.79. The fourth-order valence-corrected chi connectivity index (χ4v) is 3.73. The Balaban J connectivity index is 2.04. The average molecular weight is 298 g/mol. The Labute approximate surface area is 120 Å². The van der Waals surface area contributed by atoms with Crippen molar-refractivity contribution in [1.82, 2.24) is 4.31 Å². The van der Waals surface area contributed by atoms with E-state index in [9.17, 15) is 13.5 Å². The predicted octanol–water partition coefficient (Wildman–Crippen LogP) is 0.579. The molecule has 0 amide bonds. The van der Waals surface area contributed by atoms with E-state index < -0.39 is 10.0 Å². The first-order valence-electron chi connectivity index (χ1n) is 6.87. The molecule has 3 N–H and O–H groups in total. The van der Waals surface area contributed by atoms with Crippen LogP contribution >= 0.6 is 0 Å². The Hall–Kier alpha value is -0.950. The Bertz CT molecular complexity index is 536. The van der Waals surface area contributed by atoms with Crippen molar-refractivity contribution in [3.05, 3.63) is 29.8 Å². The maximum absolute atomic E-state index is 12.4. The van der Waals surface area contributed by atoms with Gasteiger partial charge in [-0.3, -0.25) is 0 Å². The molecular weight excluding hydrogens is 276 g/mol. The second kappa shape index (κ2) is 6.22. The summed E-state index contributed by atoms with van der Waals surface area (Å²) in [5.41, 5.74) is 6.51. The molecular formula is C14H22N2O3S. The molecule has 1 aliphatic carbocycles. The van der Waals surface area contributed by atoms with E-state index in [1.165, 1.54) is 4.31 Å². The second-order valence-corrected chi connectivity index (χ2v) is 7.50. The third-order valence-corrected chi connectivity index (χ3v) is 5.63. The summed E-state index contributed by atoms with van der Waals surface area (Å²) in [5.74, 6) is 0.265. The minimum atomic E-state index is -3.44. The number of benzene rings is 1. The van der Waals surface area contributed by atoms with E-state index in [2.05, 4.69) is 0 Å². The van der Waals surface area contributed by atoms with Crippen molar-refractivity contribution in [2.45, 2.75) is 30.3 Å². The zero-order chi connectivity index (χ0) is 14.8. The first-order valence-corrected chi connectivity index (χ1v) is 8.31. The predicted molar refractivity (Wildman–Crippen MR) is 77.7 cm³/mol. The molecule has 0 aliphatic heterocycles. The zero-order valence-corrected chi connectivity index (χ0v) is 12.5. The molecule has 2 rings (SSSR count). The lowest BCUT2D eigenvalue weighted by Crippen LogP contribution is -2.39. The topological polar surface area (TPSA) is 83.6 Å². The van der Waals surface area contributed by atoms with Gasteiger partial charge in [0.15, 0.2) is 0 Å². The highest BCUT2D eigenvalue weighted by Crippen LogP contribution is 2.29. The number of rotatable bonds is 6. The molecule has 0 aromatic heterocycles. The smallest absolute Gasteiger partial charge is 0.242 e. The van der Waals surface area contributed by atoms with E-state index in [0.717, 1.165) is 12.0 Å². The molecule has 0 unspecified atom stereocenters. The highest BCUT2D eigenvalue weighted by molar-refractivity contribution is 7.89. The number of aliphatic hydroxyl groups excluding tert-OH is 1. The summed E-state index contributed by atoms with van der Waals surface area (Å²) in [6, 6.07) is 6.88. The first kappa shape index (κ1) is 15.4. The lowest BCUT2D eigenvalue weighted by molar-refractivity contribution is 0.0367. The summed E-state index contributed by atoms with van der Waals surface area (Å²) < 4.78 is 26.2. The highest BCUT2D eigenvalue weighted by Gasteiger charge is 2.31. The fourth-order valence-electron chi connectivity index (χ4n) is 2.49. The van der Waals surface area contributed by atoms with Gasteiger partial charge in [0.05, 0.1) is 11.0 Å². The van der Waals surface area contributed by atoms with Crippen LogP contribution in [0.3, 0.4) is 0 Å². The van der Waals surface area contributed by atoms with Crippen LogP contribution in [-0.4, -0.2) is 44.1 Å². The molecule has 112 valence electrons. The van der Waals surface area contributed by atoms with Gasteiger partial charge < -0.3 is 10.8 Å². The van der Waals surface area contributed by atoms with Gasteiger partial charge in [-0.15, -0.1) is 0 Å². The summed E-state index contributed by atoms with van der Waals surface area (Å²) in [6.07, 6.45) is 1.87. The van der Waals surface area contributed by atoms with Crippen LogP contribution in [0, 0.1) is 5.92 Å². The van der Waals surface area contributed by atoms with E-state index >= 15 is 0 Å². The molecule has 20 heavy (non-hydrogen) atoms. The average Bonchev–Trinajstić information content (AvgIpc) is 2.38. The molecule has 1 saturated carbocycles. The lowest BCUT2D eigenvalue weighted by atomic mass is 9.82. The standard InChI is InChI=1S/C14H22N2O3S/c1-16(10-12-8-13(17)9-12)20(18,19)14-4-2-11(3-5-14)6-7-15/h2-5,12-13,17H,6-10,15H2,1H3. The quantitative estimate of drug-likeness (QED) is 0.804. The van der Waals surface area contributed by atoms with E-state index in [0.29, 0.717) is 30.8 Å². The summed E-state index contributed by atoms with van der Waals surface area (Å²) in [4.78, 5) is 0.306. The van der Waals surface area contributed by atoms with Crippen molar-refractivity contribution in [3.8, 4) is 0 Å². The molecule has 0 saturated heterocycles. The number of nitrogens with zero attached hydrogens (tertiary/aromatic N) is 1. The van der Waals surface area contributed by atoms with Gasteiger partial charge in [0, 0.05) is 13.6 Å². The minimum absolute atomic E-state index is 0.258. The van der Waals surface area contributed by atoms with Crippen molar-refractivity contribution in [3.63, 3.8) is 0 Å². The Morgan fingerprint density at radius 2 is 1.90 bits per heavy atom. The van der Waals surface area contributed by atoms with Crippen LogP contribution < -0.4 is 5.73 Å². The van der Waals surface area contributed by atoms with Crippen LogP contribution in [0.4, 0.5) is 0 Å². The molecule has 0 bridgehead atoms. The number of hydrogen-bond donors (Lipinski definition) is 2. The van der Waals surface area contributed by atoms with Crippen molar-refractivity contribution >= 4 is 10.0 Å². The highest BCUT2D eigenvalue weighted by atomic mass is 32.2. The maximum atomic E-state index is 12.4. The molecule has 1 aromatic carbocycles. The summed E-state index contributed by atoms with van der Waals surface area (Å²) in [6.45, 7) is 1.01. The van der Waals surface area contributed by atoms with Crippen molar-refractivity contribution in [2.24, 2.45) is 11.7 Å². The minimum Gasteiger partial charge on any atom is -0.393 e. The Kier molecular flexibility index (Phi) is 4.80. The molecule has 0 heterocycles. The molecule has 1 aromatic rings. The van der Waals surface area contributed by atoms with Crippen LogP contribution in [0.25, 0.3) is 0 Å². The zero-order valence-electron chi connectivity index (χ0n) is 11.7. The van der Waals surface area contributed by atoms with Gasteiger partial charge >= 0.3 is 0 Å². The van der Waals surface area contributed by atoms with Crippen LogP contribution in [0.2, 0.25) is 0 Å². The van der Waals surface area contributed by atoms with E-state index in [1.54, 1.807) is 31.3 Å². The largest absolute Gasteiger partial charge is 0.393 e. The van der Waals surface area contributed by atoms with Crippen LogP contribution in [0.1, 0.15) is 18.4 Å². The Morgan fingerprint density at radius 1 is 1.30 bits per heavy atom. The van der Waals surface area contributed by atoms with Gasteiger partial charge in [-0.05, 0) is 49.4 Å². The molecule has 1 fully saturated rings. The maximum Gasteiger partial charge on any atom is 0.242 e. The first-order chi connectivity index (χ1) is 9.43. The van der Waals surface area contributed by atoms with Crippen LogP contribution in [0.15, 0.2) is 29.2 Å². The number of nitrogens with two attached hydrogens (primary N) is 1. The van der Waals surface area contributed by atoms with Crippen molar-refractivity contribution in [2.75, 3.05) is 20.1 Å². The number of hydrogen-bond acceptors (Lipinski definition) is 4. The molecule has 0 spiro atoms. The Morgan fingerprint density at radius 3 is 2.40 bits per heavy atom. The van der Waals surface area contributed by atoms with Gasteiger partial charge in [-0.1, -0.05) is 12.1 Å². The molecule has 6 heteroatoms. The third kappa shape index (κ3) is 3.38. The van der Waals surface area contributed by atoms with E-state index in [-0.39, 0.29) is 12.0 Å². The molecule has 0 atom stereocenters. The molecule has 1 aliphatic rings. The molecule has 0 radical (unpaired) electrons. The lowest BCUT2D eigenvalue weighted by Gasteiger charge is -2.34. The number of sulfonamides is 1. The van der Waals surface area contributed by atoms with Gasteiger partial charge in [0.25, 0.3) is 0 Å². The van der Waals surface area contributed by atoms with Gasteiger partial charge in [-0.2, -0.15) is 0 Å². The summed E-state index contributed by atoms with van der Waals surface area (Å²) in [5, 5.41) is 9.25. The fraction of sp³-hybridized carbons (Fsp3) is 0.571. The SMILES string of the molecule is CN(CC1CC(O)C1)S(=O)(=O)c1ccc(CCN)cc1. The van der Waals surface area contributed by atoms with Gasteiger partial charge in [0.1, 0.15) is 0 Å². The normalized spacial score (nSPS) is 22.8. The van der Waals surface area contributed by atoms with Crippen LogP contribution in [0.5, 0.6) is 0 Å². The van der Waals surface area contributed by atoms with Crippen molar-refractivity contribution < 1.29 is 13.5 Å².